The third kappa shape index (κ3) is 4.74. The Hall–Kier alpha value is -1.55. The Labute approximate surface area is 127 Å². The zero-order valence-corrected chi connectivity index (χ0v) is 13.2. The van der Waals surface area contributed by atoms with Gasteiger partial charge in [-0.15, -0.1) is 0 Å². The van der Waals surface area contributed by atoms with Crippen LogP contribution in [0, 0.1) is 6.92 Å². The first-order chi connectivity index (χ1) is 10.2. The molecule has 1 aliphatic rings. The highest BCUT2D eigenvalue weighted by Gasteiger charge is 2.15. The average molecular weight is 290 g/mol. The van der Waals surface area contributed by atoms with Crippen LogP contribution in [-0.4, -0.2) is 37.6 Å². The highest BCUT2D eigenvalue weighted by atomic mass is 16.5. The normalized spacial score (nSPS) is 15.0. The number of ether oxygens (including phenoxy) is 1. The van der Waals surface area contributed by atoms with E-state index in [0.717, 1.165) is 50.3 Å². The van der Waals surface area contributed by atoms with E-state index in [1.807, 2.05) is 17.9 Å². The van der Waals surface area contributed by atoms with Crippen molar-refractivity contribution in [2.75, 3.05) is 26.7 Å². The SMILES string of the molecule is COc1ccc(CNCCC(=O)N2CCCCC2)cc1C. The van der Waals surface area contributed by atoms with Crippen LogP contribution >= 0.6 is 0 Å². The number of piperidine rings is 1. The molecule has 0 spiro atoms. The molecule has 1 heterocycles. The Balaban J connectivity index is 1.69. The molecule has 0 radical (unpaired) electrons. The molecule has 0 aliphatic carbocycles. The number of nitrogens with one attached hydrogen (secondary N) is 1. The van der Waals surface area contributed by atoms with Crippen molar-refractivity contribution >= 4 is 5.91 Å². The van der Waals surface area contributed by atoms with Crippen LogP contribution in [0.25, 0.3) is 0 Å². The summed E-state index contributed by atoms with van der Waals surface area (Å²) < 4.78 is 5.25. The number of hydrogen-bond donors (Lipinski definition) is 1. The van der Waals surface area contributed by atoms with Crippen LogP contribution in [0.4, 0.5) is 0 Å². The largest absolute Gasteiger partial charge is 0.496 e. The van der Waals surface area contributed by atoms with Crippen molar-refractivity contribution in [2.24, 2.45) is 0 Å². The molecule has 116 valence electrons. The number of likely N-dealkylation sites (tertiary alicyclic amines) is 1. The van der Waals surface area contributed by atoms with E-state index in [1.165, 1.54) is 12.0 Å². The molecular weight excluding hydrogens is 264 g/mol. The van der Waals surface area contributed by atoms with Gasteiger partial charge in [0, 0.05) is 32.6 Å². The van der Waals surface area contributed by atoms with Gasteiger partial charge in [-0.25, -0.2) is 0 Å². The number of hydrogen-bond acceptors (Lipinski definition) is 3. The second-order valence-electron chi connectivity index (χ2n) is 5.67. The van der Waals surface area contributed by atoms with Crippen molar-refractivity contribution in [1.82, 2.24) is 10.2 Å². The van der Waals surface area contributed by atoms with Crippen LogP contribution in [0.2, 0.25) is 0 Å². The highest BCUT2D eigenvalue weighted by molar-refractivity contribution is 5.76. The summed E-state index contributed by atoms with van der Waals surface area (Å²) in [5.74, 6) is 1.20. The minimum absolute atomic E-state index is 0.285. The van der Waals surface area contributed by atoms with Gasteiger partial charge in [-0.3, -0.25) is 4.79 Å². The summed E-state index contributed by atoms with van der Waals surface area (Å²) in [6.45, 7) is 5.45. The Morgan fingerprint density at radius 2 is 2.05 bits per heavy atom. The summed E-state index contributed by atoms with van der Waals surface area (Å²) >= 11 is 0. The topological polar surface area (TPSA) is 41.6 Å². The average Bonchev–Trinajstić information content (AvgIpc) is 2.52. The van der Waals surface area contributed by atoms with Gasteiger partial charge in [-0.05, 0) is 43.4 Å². The molecule has 0 unspecified atom stereocenters. The number of benzene rings is 1. The minimum Gasteiger partial charge on any atom is -0.496 e. The fraction of sp³-hybridized carbons (Fsp3) is 0.588. The smallest absolute Gasteiger partial charge is 0.223 e. The molecule has 1 aromatic rings. The van der Waals surface area contributed by atoms with Crippen LogP contribution < -0.4 is 10.1 Å². The quantitative estimate of drug-likeness (QED) is 0.819. The van der Waals surface area contributed by atoms with E-state index in [0.29, 0.717) is 6.42 Å². The first kappa shape index (κ1) is 15.8. The number of carbonyl (C=O) groups excluding carboxylic acids is 1. The van der Waals surface area contributed by atoms with Crippen molar-refractivity contribution < 1.29 is 9.53 Å². The molecule has 1 amide bonds. The lowest BCUT2D eigenvalue weighted by Crippen LogP contribution is -2.37. The number of nitrogens with zero attached hydrogens (tertiary/aromatic N) is 1. The summed E-state index contributed by atoms with van der Waals surface area (Å²) in [5, 5.41) is 3.35. The number of aryl methyl sites for hydroxylation is 1. The molecule has 0 aromatic heterocycles. The zero-order valence-electron chi connectivity index (χ0n) is 13.2. The van der Waals surface area contributed by atoms with Gasteiger partial charge in [0.1, 0.15) is 5.75 Å². The molecule has 1 N–H and O–H groups in total. The van der Waals surface area contributed by atoms with Crippen LogP contribution in [0.15, 0.2) is 18.2 Å². The van der Waals surface area contributed by atoms with Gasteiger partial charge in [-0.2, -0.15) is 0 Å². The van der Waals surface area contributed by atoms with Gasteiger partial charge in [0.2, 0.25) is 5.91 Å². The second-order valence-corrected chi connectivity index (χ2v) is 5.67. The van der Waals surface area contributed by atoms with Gasteiger partial charge in [0.25, 0.3) is 0 Å². The van der Waals surface area contributed by atoms with Gasteiger partial charge in [0.15, 0.2) is 0 Å². The fourth-order valence-corrected chi connectivity index (χ4v) is 2.78. The molecule has 0 bridgehead atoms. The molecule has 4 nitrogen and oxygen atoms in total. The second kappa shape index (κ2) is 8.03. The van der Waals surface area contributed by atoms with Crippen LogP contribution in [-0.2, 0) is 11.3 Å². The van der Waals surface area contributed by atoms with E-state index in [9.17, 15) is 4.79 Å². The number of methoxy groups -OCH3 is 1. The van der Waals surface area contributed by atoms with E-state index in [4.69, 9.17) is 4.74 Å². The van der Waals surface area contributed by atoms with Gasteiger partial charge in [-0.1, -0.05) is 12.1 Å². The molecule has 0 saturated carbocycles. The van der Waals surface area contributed by atoms with E-state index >= 15 is 0 Å². The molecule has 1 fully saturated rings. The first-order valence-corrected chi connectivity index (χ1v) is 7.82. The number of amides is 1. The Morgan fingerprint density at radius 3 is 2.71 bits per heavy atom. The molecule has 4 heteroatoms. The van der Waals surface area contributed by atoms with E-state index in [1.54, 1.807) is 7.11 Å². The van der Waals surface area contributed by atoms with Crippen LogP contribution in [0.1, 0.15) is 36.8 Å². The van der Waals surface area contributed by atoms with Crippen molar-refractivity contribution in [2.45, 2.75) is 39.2 Å². The zero-order chi connectivity index (χ0) is 15.1. The molecule has 1 saturated heterocycles. The highest BCUT2D eigenvalue weighted by Crippen LogP contribution is 2.18. The standard InChI is InChI=1S/C17H26N2O2/c1-14-12-15(6-7-16(14)21-2)13-18-9-8-17(20)19-10-4-3-5-11-19/h6-7,12,18H,3-5,8-11,13H2,1-2H3. The Bertz CT molecular complexity index is 468. The minimum atomic E-state index is 0.285. The van der Waals surface area contributed by atoms with Crippen molar-refractivity contribution in [3.8, 4) is 5.75 Å². The lowest BCUT2D eigenvalue weighted by atomic mass is 10.1. The maximum atomic E-state index is 12.0. The Morgan fingerprint density at radius 1 is 1.29 bits per heavy atom. The number of rotatable bonds is 6. The molecule has 0 atom stereocenters. The first-order valence-electron chi connectivity index (χ1n) is 7.82. The fourth-order valence-electron chi connectivity index (χ4n) is 2.78. The molecule has 21 heavy (non-hydrogen) atoms. The van der Waals surface area contributed by atoms with E-state index in [-0.39, 0.29) is 5.91 Å². The van der Waals surface area contributed by atoms with Crippen LogP contribution in [0.5, 0.6) is 5.75 Å². The predicted molar refractivity (Wildman–Crippen MR) is 84.5 cm³/mol. The third-order valence-corrected chi connectivity index (χ3v) is 4.01. The third-order valence-electron chi connectivity index (χ3n) is 4.01. The van der Waals surface area contributed by atoms with Crippen molar-refractivity contribution in [1.29, 1.82) is 0 Å². The predicted octanol–water partition coefficient (Wildman–Crippen LogP) is 2.50. The lowest BCUT2D eigenvalue weighted by Gasteiger charge is -2.26. The molecule has 1 aromatic carbocycles. The molecule has 1 aliphatic heterocycles. The van der Waals surface area contributed by atoms with E-state index in [2.05, 4.69) is 17.4 Å². The van der Waals surface area contributed by atoms with Gasteiger partial charge >= 0.3 is 0 Å². The maximum Gasteiger partial charge on any atom is 0.223 e. The molecule has 2 rings (SSSR count). The summed E-state index contributed by atoms with van der Waals surface area (Å²) in [5.41, 5.74) is 2.36. The lowest BCUT2D eigenvalue weighted by molar-refractivity contribution is -0.131. The summed E-state index contributed by atoms with van der Waals surface area (Å²) in [6.07, 6.45) is 4.17. The monoisotopic (exact) mass is 290 g/mol. The van der Waals surface area contributed by atoms with Gasteiger partial charge < -0.3 is 15.0 Å². The summed E-state index contributed by atoms with van der Waals surface area (Å²) in [7, 11) is 1.69. The van der Waals surface area contributed by atoms with Crippen LogP contribution in [0.3, 0.4) is 0 Å². The Kier molecular flexibility index (Phi) is 6.05. The maximum absolute atomic E-state index is 12.0. The van der Waals surface area contributed by atoms with Crippen molar-refractivity contribution in [3.05, 3.63) is 29.3 Å². The van der Waals surface area contributed by atoms with E-state index < -0.39 is 0 Å². The van der Waals surface area contributed by atoms with Gasteiger partial charge in [0.05, 0.1) is 7.11 Å². The summed E-state index contributed by atoms with van der Waals surface area (Å²) in [6, 6.07) is 6.18. The summed E-state index contributed by atoms with van der Waals surface area (Å²) in [4.78, 5) is 14.0. The number of carbonyl (C=O) groups is 1. The molecular formula is C17H26N2O2. The van der Waals surface area contributed by atoms with Crippen molar-refractivity contribution in [3.63, 3.8) is 0 Å².